The van der Waals surface area contributed by atoms with Gasteiger partial charge in [-0.15, -0.1) is 0 Å². The van der Waals surface area contributed by atoms with E-state index in [2.05, 4.69) is 5.32 Å². The molecule has 0 spiro atoms. The molecule has 0 aliphatic carbocycles. The Morgan fingerprint density at radius 2 is 2.24 bits per heavy atom. The van der Waals surface area contributed by atoms with Crippen molar-refractivity contribution in [2.24, 2.45) is 5.73 Å². The fourth-order valence-corrected chi connectivity index (χ4v) is 2.11. The van der Waals surface area contributed by atoms with Crippen molar-refractivity contribution in [1.29, 1.82) is 0 Å². The molecule has 0 bridgehead atoms. The van der Waals surface area contributed by atoms with E-state index in [0.29, 0.717) is 36.9 Å². The first-order chi connectivity index (χ1) is 10.1. The number of rotatable bonds is 9. The van der Waals surface area contributed by atoms with E-state index < -0.39 is 6.10 Å². The van der Waals surface area contributed by atoms with Gasteiger partial charge in [0.1, 0.15) is 5.75 Å². The first-order valence-electron chi connectivity index (χ1n) is 7.01. The molecular formula is C15H23ClN2O3. The van der Waals surface area contributed by atoms with Gasteiger partial charge < -0.3 is 20.5 Å². The molecule has 1 unspecified atom stereocenters. The number of hydrogen-bond acceptors (Lipinski definition) is 4. The van der Waals surface area contributed by atoms with E-state index in [1.54, 1.807) is 32.2 Å². The number of nitrogens with one attached hydrogen (secondary N) is 1. The number of ether oxygens (including phenoxy) is 2. The van der Waals surface area contributed by atoms with Crippen molar-refractivity contribution in [3.63, 3.8) is 0 Å². The molecule has 0 aromatic heterocycles. The van der Waals surface area contributed by atoms with Crippen LogP contribution in [0.5, 0.6) is 5.75 Å². The molecule has 1 atom stereocenters. The Kier molecular flexibility index (Phi) is 8.12. The molecule has 0 radical (unpaired) electrons. The van der Waals surface area contributed by atoms with Crippen molar-refractivity contribution in [1.82, 2.24) is 5.32 Å². The zero-order valence-electron chi connectivity index (χ0n) is 12.5. The number of carbonyl (C=O) groups is 1. The highest BCUT2D eigenvalue weighted by atomic mass is 35.5. The van der Waals surface area contributed by atoms with Crippen LogP contribution in [-0.2, 0) is 16.0 Å². The van der Waals surface area contributed by atoms with Crippen LogP contribution in [0.1, 0.15) is 18.9 Å². The van der Waals surface area contributed by atoms with Crippen molar-refractivity contribution in [2.75, 3.05) is 26.8 Å². The summed E-state index contributed by atoms with van der Waals surface area (Å²) in [5.41, 5.74) is 6.41. The van der Waals surface area contributed by atoms with E-state index in [1.807, 2.05) is 0 Å². The molecule has 1 rings (SSSR count). The summed E-state index contributed by atoms with van der Waals surface area (Å²) in [5.74, 6) is 0.442. The van der Waals surface area contributed by atoms with Crippen LogP contribution in [0.2, 0.25) is 5.02 Å². The number of benzene rings is 1. The van der Waals surface area contributed by atoms with Gasteiger partial charge in [-0.2, -0.15) is 0 Å². The van der Waals surface area contributed by atoms with Gasteiger partial charge in [0.25, 0.3) is 5.91 Å². The van der Waals surface area contributed by atoms with Crippen LogP contribution in [0.25, 0.3) is 0 Å². The van der Waals surface area contributed by atoms with Crippen LogP contribution in [0.15, 0.2) is 18.2 Å². The highest BCUT2D eigenvalue weighted by Gasteiger charge is 2.16. The van der Waals surface area contributed by atoms with E-state index in [1.165, 1.54) is 0 Å². The lowest BCUT2D eigenvalue weighted by Gasteiger charge is -2.18. The lowest BCUT2D eigenvalue weighted by molar-refractivity contribution is -0.127. The molecule has 118 valence electrons. The number of nitrogens with two attached hydrogens (primary N) is 1. The SMILES string of the molecule is COCCCNC(=O)C(C)Oc1cccc(Cl)c1CCN. The number of methoxy groups -OCH3 is 1. The Bertz CT molecular complexity index is 455. The second-order valence-electron chi connectivity index (χ2n) is 4.65. The standard InChI is InChI=1S/C15H23ClN2O3/c1-11(15(19)18-9-4-10-20-2)21-14-6-3-5-13(16)12(14)7-8-17/h3,5-6,11H,4,7-10,17H2,1-2H3,(H,18,19). The maximum atomic E-state index is 11.9. The van der Waals surface area contributed by atoms with Gasteiger partial charge in [0.05, 0.1) is 0 Å². The molecule has 1 amide bonds. The number of hydrogen-bond donors (Lipinski definition) is 2. The molecular weight excluding hydrogens is 292 g/mol. The van der Waals surface area contributed by atoms with Gasteiger partial charge in [-0.3, -0.25) is 4.79 Å². The average Bonchev–Trinajstić information content (AvgIpc) is 2.47. The molecule has 6 heteroatoms. The quantitative estimate of drug-likeness (QED) is 0.681. The summed E-state index contributed by atoms with van der Waals surface area (Å²) >= 11 is 6.14. The van der Waals surface area contributed by atoms with Crippen molar-refractivity contribution in [2.45, 2.75) is 25.9 Å². The summed E-state index contributed by atoms with van der Waals surface area (Å²) in [7, 11) is 1.63. The van der Waals surface area contributed by atoms with Crippen molar-refractivity contribution in [3.8, 4) is 5.75 Å². The first kappa shape index (κ1) is 17.8. The van der Waals surface area contributed by atoms with E-state index in [4.69, 9.17) is 26.8 Å². The van der Waals surface area contributed by atoms with E-state index >= 15 is 0 Å². The van der Waals surface area contributed by atoms with Gasteiger partial charge >= 0.3 is 0 Å². The summed E-state index contributed by atoms with van der Waals surface area (Å²) in [5, 5.41) is 3.40. The second-order valence-corrected chi connectivity index (χ2v) is 5.06. The predicted molar refractivity (Wildman–Crippen MR) is 83.8 cm³/mol. The van der Waals surface area contributed by atoms with Crippen LogP contribution in [-0.4, -0.2) is 38.8 Å². The van der Waals surface area contributed by atoms with Gasteiger partial charge in [0.2, 0.25) is 0 Å². The molecule has 0 aliphatic rings. The topological polar surface area (TPSA) is 73.6 Å². The first-order valence-corrected chi connectivity index (χ1v) is 7.38. The lowest BCUT2D eigenvalue weighted by atomic mass is 10.1. The number of halogens is 1. The molecule has 0 saturated carbocycles. The Morgan fingerprint density at radius 3 is 2.90 bits per heavy atom. The minimum Gasteiger partial charge on any atom is -0.481 e. The van der Waals surface area contributed by atoms with Crippen LogP contribution >= 0.6 is 11.6 Å². The second kappa shape index (κ2) is 9.60. The molecule has 0 aliphatic heterocycles. The van der Waals surface area contributed by atoms with E-state index in [-0.39, 0.29) is 5.91 Å². The molecule has 0 fully saturated rings. The average molecular weight is 315 g/mol. The maximum Gasteiger partial charge on any atom is 0.260 e. The predicted octanol–water partition coefficient (Wildman–Crippen LogP) is 1.76. The summed E-state index contributed by atoms with van der Waals surface area (Å²) in [6, 6.07) is 5.38. The smallest absolute Gasteiger partial charge is 0.260 e. The van der Waals surface area contributed by atoms with Gasteiger partial charge in [0.15, 0.2) is 6.10 Å². The molecule has 21 heavy (non-hydrogen) atoms. The van der Waals surface area contributed by atoms with Crippen LogP contribution in [0.3, 0.4) is 0 Å². The van der Waals surface area contributed by atoms with Crippen molar-refractivity contribution in [3.05, 3.63) is 28.8 Å². The van der Waals surface area contributed by atoms with Gasteiger partial charge in [0, 0.05) is 30.8 Å². The highest BCUT2D eigenvalue weighted by Crippen LogP contribution is 2.27. The Balaban J connectivity index is 2.59. The number of carbonyl (C=O) groups excluding carboxylic acids is 1. The zero-order valence-corrected chi connectivity index (χ0v) is 13.3. The Hall–Kier alpha value is -1.30. The molecule has 5 nitrogen and oxygen atoms in total. The summed E-state index contributed by atoms with van der Waals surface area (Å²) in [4.78, 5) is 11.9. The zero-order chi connectivity index (χ0) is 15.7. The van der Waals surface area contributed by atoms with Crippen LogP contribution < -0.4 is 15.8 Å². The Morgan fingerprint density at radius 1 is 1.48 bits per heavy atom. The summed E-state index contributed by atoms with van der Waals surface area (Å²) in [6.07, 6.45) is 0.782. The van der Waals surface area contributed by atoms with Gasteiger partial charge in [-0.25, -0.2) is 0 Å². The fraction of sp³-hybridized carbons (Fsp3) is 0.533. The molecule has 0 saturated heterocycles. The largest absolute Gasteiger partial charge is 0.481 e. The number of amides is 1. The molecule has 0 heterocycles. The third-order valence-corrected chi connectivity index (χ3v) is 3.32. The highest BCUT2D eigenvalue weighted by molar-refractivity contribution is 6.31. The maximum absolute atomic E-state index is 11.9. The minimum absolute atomic E-state index is 0.162. The fourth-order valence-electron chi connectivity index (χ4n) is 1.85. The van der Waals surface area contributed by atoms with Crippen molar-refractivity contribution < 1.29 is 14.3 Å². The lowest BCUT2D eigenvalue weighted by Crippen LogP contribution is -2.37. The normalized spacial score (nSPS) is 12.0. The monoisotopic (exact) mass is 314 g/mol. The third-order valence-electron chi connectivity index (χ3n) is 2.97. The van der Waals surface area contributed by atoms with Crippen LogP contribution in [0.4, 0.5) is 0 Å². The van der Waals surface area contributed by atoms with Crippen LogP contribution in [0, 0.1) is 0 Å². The molecule has 3 N–H and O–H groups in total. The van der Waals surface area contributed by atoms with Gasteiger partial charge in [-0.05, 0) is 38.4 Å². The van der Waals surface area contributed by atoms with E-state index in [0.717, 1.165) is 12.0 Å². The summed E-state index contributed by atoms with van der Waals surface area (Å²) in [6.45, 7) is 3.35. The Labute approximate surface area is 130 Å². The van der Waals surface area contributed by atoms with Crippen molar-refractivity contribution >= 4 is 17.5 Å². The molecule has 1 aromatic rings. The summed E-state index contributed by atoms with van der Waals surface area (Å²) < 4.78 is 10.6. The molecule has 1 aromatic carbocycles. The van der Waals surface area contributed by atoms with E-state index in [9.17, 15) is 4.79 Å². The minimum atomic E-state index is -0.595. The third kappa shape index (κ3) is 5.91. The van der Waals surface area contributed by atoms with Gasteiger partial charge in [-0.1, -0.05) is 17.7 Å².